The van der Waals surface area contributed by atoms with E-state index >= 15 is 0 Å². The van der Waals surface area contributed by atoms with E-state index in [1.807, 2.05) is 24.3 Å². The van der Waals surface area contributed by atoms with Crippen molar-refractivity contribution in [3.63, 3.8) is 0 Å². The average molecular weight is 278 g/mol. The van der Waals surface area contributed by atoms with Crippen LogP contribution in [0.25, 0.3) is 0 Å². The normalized spacial score (nSPS) is 10.1. The van der Waals surface area contributed by atoms with E-state index in [-0.39, 0.29) is 6.01 Å². The first-order valence-electron chi connectivity index (χ1n) is 5.55. The van der Waals surface area contributed by atoms with E-state index in [0.717, 1.165) is 10.6 Å². The molecule has 0 unspecified atom stereocenters. The van der Waals surface area contributed by atoms with Crippen LogP contribution in [0.15, 0.2) is 34.3 Å². The quantitative estimate of drug-likeness (QED) is 0.897. The van der Waals surface area contributed by atoms with Crippen LogP contribution in [0.1, 0.15) is 0 Å². The van der Waals surface area contributed by atoms with E-state index < -0.39 is 0 Å². The number of anilines is 1. The van der Waals surface area contributed by atoms with Gasteiger partial charge in [0.2, 0.25) is 11.1 Å². The second-order valence-electron chi connectivity index (χ2n) is 3.43. The number of methoxy groups -OCH3 is 2. The van der Waals surface area contributed by atoms with Gasteiger partial charge in [0.1, 0.15) is 5.75 Å². The maximum atomic E-state index is 5.29. The molecule has 0 aliphatic carbocycles. The zero-order valence-electron chi connectivity index (χ0n) is 10.9. The molecule has 1 heterocycles. The minimum Gasteiger partial charge on any atom is -0.496 e. The first-order chi connectivity index (χ1) is 9.26. The third kappa shape index (κ3) is 3.25. The third-order valence-electron chi connectivity index (χ3n) is 2.27. The van der Waals surface area contributed by atoms with Crippen LogP contribution in [0.3, 0.4) is 0 Å². The lowest BCUT2D eigenvalue weighted by Crippen LogP contribution is -2.02. The molecule has 100 valence electrons. The lowest BCUT2D eigenvalue weighted by atomic mass is 10.3. The number of para-hydroxylation sites is 1. The van der Waals surface area contributed by atoms with Gasteiger partial charge in [0, 0.05) is 7.05 Å². The Morgan fingerprint density at radius 1 is 1.05 bits per heavy atom. The summed E-state index contributed by atoms with van der Waals surface area (Å²) in [6.07, 6.45) is 0. The fourth-order valence-electron chi connectivity index (χ4n) is 1.39. The second-order valence-corrected chi connectivity index (χ2v) is 4.44. The Morgan fingerprint density at radius 3 is 2.53 bits per heavy atom. The van der Waals surface area contributed by atoms with Crippen molar-refractivity contribution in [1.29, 1.82) is 0 Å². The third-order valence-corrected chi connectivity index (χ3v) is 3.19. The minimum absolute atomic E-state index is 0.275. The van der Waals surface area contributed by atoms with E-state index in [4.69, 9.17) is 9.47 Å². The average Bonchev–Trinajstić information content (AvgIpc) is 2.47. The summed E-state index contributed by atoms with van der Waals surface area (Å²) in [6.45, 7) is 0. The summed E-state index contributed by atoms with van der Waals surface area (Å²) in [7, 11) is 4.89. The summed E-state index contributed by atoms with van der Waals surface area (Å²) < 4.78 is 10.3. The molecule has 0 spiro atoms. The van der Waals surface area contributed by atoms with Gasteiger partial charge in [-0.15, -0.1) is 0 Å². The van der Waals surface area contributed by atoms with Crippen LogP contribution >= 0.6 is 11.8 Å². The lowest BCUT2D eigenvalue weighted by molar-refractivity contribution is 0.373. The molecular formula is C12H14N4O2S. The smallest absolute Gasteiger partial charge is 0.321 e. The standard InChI is InChI=1S/C12H14N4O2S/c1-13-10-14-11(18-3)16-12(15-10)19-9-7-5-4-6-8(9)17-2/h4-7H,1-3H3,(H,13,14,15,16). The molecule has 1 aromatic carbocycles. The first-order valence-corrected chi connectivity index (χ1v) is 6.37. The topological polar surface area (TPSA) is 69.2 Å². The zero-order chi connectivity index (χ0) is 13.7. The van der Waals surface area contributed by atoms with Crippen molar-refractivity contribution in [3.05, 3.63) is 24.3 Å². The van der Waals surface area contributed by atoms with Crippen molar-refractivity contribution in [1.82, 2.24) is 15.0 Å². The molecule has 2 rings (SSSR count). The number of hydrogen-bond donors (Lipinski definition) is 1. The molecule has 1 aromatic heterocycles. The lowest BCUT2D eigenvalue weighted by Gasteiger charge is -2.08. The molecule has 2 aromatic rings. The molecule has 0 aliphatic heterocycles. The van der Waals surface area contributed by atoms with Crippen molar-refractivity contribution in [2.24, 2.45) is 0 Å². The summed E-state index contributed by atoms with van der Waals surface area (Å²) >= 11 is 1.39. The molecule has 0 bridgehead atoms. The maximum absolute atomic E-state index is 5.29. The minimum atomic E-state index is 0.275. The van der Waals surface area contributed by atoms with Gasteiger partial charge in [0.15, 0.2) is 0 Å². The molecule has 0 saturated heterocycles. The van der Waals surface area contributed by atoms with Crippen molar-refractivity contribution >= 4 is 17.7 Å². The Balaban J connectivity index is 2.32. The Kier molecular flexibility index (Phi) is 4.40. The van der Waals surface area contributed by atoms with E-state index in [9.17, 15) is 0 Å². The van der Waals surface area contributed by atoms with Crippen LogP contribution in [0, 0.1) is 0 Å². The van der Waals surface area contributed by atoms with Crippen LogP contribution in [-0.4, -0.2) is 36.2 Å². The highest BCUT2D eigenvalue weighted by Crippen LogP contribution is 2.33. The summed E-state index contributed by atoms with van der Waals surface area (Å²) in [4.78, 5) is 13.4. The first kappa shape index (κ1) is 13.4. The second kappa shape index (κ2) is 6.24. The van der Waals surface area contributed by atoms with Gasteiger partial charge in [-0.3, -0.25) is 0 Å². The van der Waals surface area contributed by atoms with Crippen LogP contribution in [0.2, 0.25) is 0 Å². The number of benzene rings is 1. The van der Waals surface area contributed by atoms with Gasteiger partial charge in [-0.05, 0) is 23.9 Å². The Morgan fingerprint density at radius 2 is 1.84 bits per heavy atom. The molecule has 0 atom stereocenters. The van der Waals surface area contributed by atoms with Crippen molar-refractivity contribution in [2.45, 2.75) is 10.1 Å². The van der Waals surface area contributed by atoms with Crippen LogP contribution in [0.5, 0.6) is 11.8 Å². The molecule has 7 heteroatoms. The number of nitrogens with zero attached hydrogens (tertiary/aromatic N) is 3. The number of hydrogen-bond acceptors (Lipinski definition) is 7. The Hall–Kier alpha value is -2.02. The molecule has 6 nitrogen and oxygen atoms in total. The van der Waals surface area contributed by atoms with E-state index in [1.54, 1.807) is 14.2 Å². The summed E-state index contributed by atoms with van der Waals surface area (Å²) in [5.41, 5.74) is 0. The van der Waals surface area contributed by atoms with Gasteiger partial charge >= 0.3 is 6.01 Å². The zero-order valence-corrected chi connectivity index (χ0v) is 11.7. The van der Waals surface area contributed by atoms with Crippen LogP contribution < -0.4 is 14.8 Å². The molecule has 0 saturated carbocycles. The summed E-state index contributed by atoms with van der Waals surface area (Å²) in [6, 6.07) is 7.95. The molecule has 0 aliphatic rings. The summed E-state index contributed by atoms with van der Waals surface area (Å²) in [5, 5.41) is 3.41. The molecular weight excluding hydrogens is 264 g/mol. The van der Waals surface area contributed by atoms with Crippen LogP contribution in [0.4, 0.5) is 5.95 Å². The SMILES string of the molecule is CNc1nc(OC)nc(Sc2ccccc2OC)n1. The molecule has 0 fully saturated rings. The highest BCUT2D eigenvalue weighted by molar-refractivity contribution is 7.99. The fourth-order valence-corrected chi connectivity index (χ4v) is 2.24. The largest absolute Gasteiger partial charge is 0.496 e. The van der Waals surface area contributed by atoms with Gasteiger partial charge in [-0.2, -0.15) is 15.0 Å². The maximum Gasteiger partial charge on any atom is 0.321 e. The Bertz CT molecular complexity index is 543. The number of ether oxygens (including phenoxy) is 2. The van der Waals surface area contributed by atoms with E-state index in [2.05, 4.69) is 20.3 Å². The highest BCUT2D eigenvalue weighted by Gasteiger charge is 2.10. The predicted octanol–water partition coefficient (Wildman–Crippen LogP) is 2.08. The van der Waals surface area contributed by atoms with E-state index in [1.165, 1.54) is 18.9 Å². The van der Waals surface area contributed by atoms with E-state index in [0.29, 0.717) is 11.1 Å². The van der Waals surface area contributed by atoms with Gasteiger partial charge in [0.05, 0.1) is 19.1 Å². The Labute approximate surface area is 115 Å². The number of aromatic nitrogens is 3. The van der Waals surface area contributed by atoms with Gasteiger partial charge < -0.3 is 14.8 Å². The van der Waals surface area contributed by atoms with Gasteiger partial charge in [-0.25, -0.2) is 0 Å². The predicted molar refractivity (Wildman–Crippen MR) is 73.0 cm³/mol. The highest BCUT2D eigenvalue weighted by atomic mass is 32.2. The molecule has 0 radical (unpaired) electrons. The number of rotatable bonds is 5. The number of nitrogens with one attached hydrogen (secondary N) is 1. The van der Waals surface area contributed by atoms with Crippen LogP contribution in [-0.2, 0) is 0 Å². The monoisotopic (exact) mass is 278 g/mol. The van der Waals surface area contributed by atoms with Gasteiger partial charge in [0.25, 0.3) is 0 Å². The molecule has 1 N–H and O–H groups in total. The van der Waals surface area contributed by atoms with Gasteiger partial charge in [-0.1, -0.05) is 12.1 Å². The fraction of sp³-hybridized carbons (Fsp3) is 0.250. The van der Waals surface area contributed by atoms with Crippen molar-refractivity contribution in [2.75, 3.05) is 26.6 Å². The molecule has 19 heavy (non-hydrogen) atoms. The molecule has 0 amide bonds. The summed E-state index contributed by atoms with van der Waals surface area (Å²) in [5.74, 6) is 1.24. The van der Waals surface area contributed by atoms with Crippen molar-refractivity contribution < 1.29 is 9.47 Å². The van der Waals surface area contributed by atoms with Crippen molar-refractivity contribution in [3.8, 4) is 11.8 Å².